The van der Waals surface area contributed by atoms with Crippen LogP contribution in [0.25, 0.3) is 0 Å². The third-order valence-electron chi connectivity index (χ3n) is 4.23. The van der Waals surface area contributed by atoms with Crippen LogP contribution in [0.15, 0.2) is 41.3 Å². The second-order valence-electron chi connectivity index (χ2n) is 6.01. The molecule has 1 unspecified atom stereocenters. The summed E-state index contributed by atoms with van der Waals surface area (Å²) >= 11 is 5.59. The fourth-order valence-corrected chi connectivity index (χ4v) is 4.00. The summed E-state index contributed by atoms with van der Waals surface area (Å²) in [5.74, 6) is -0.801. The van der Waals surface area contributed by atoms with Crippen LogP contribution in [0.2, 0.25) is 5.02 Å². The van der Waals surface area contributed by atoms with E-state index >= 15 is 0 Å². The number of benzene rings is 2. The van der Waals surface area contributed by atoms with Gasteiger partial charge >= 0.3 is 0 Å². The summed E-state index contributed by atoms with van der Waals surface area (Å²) in [4.78, 5) is 13.2. The van der Waals surface area contributed by atoms with Gasteiger partial charge < -0.3 is 4.90 Å². The van der Waals surface area contributed by atoms with Crippen molar-refractivity contribution in [2.45, 2.75) is 24.2 Å². The topological polar surface area (TPSA) is 66.5 Å². The minimum absolute atomic E-state index is 0.0175. The molecule has 0 radical (unpaired) electrons. The molecule has 132 valence electrons. The van der Waals surface area contributed by atoms with Crippen LogP contribution in [0.4, 0.5) is 15.8 Å². The highest BCUT2D eigenvalue weighted by molar-refractivity contribution is 7.92. The number of carbonyl (C=O) groups is 1. The second kappa shape index (κ2) is 6.31. The summed E-state index contributed by atoms with van der Waals surface area (Å²) < 4.78 is 40.9. The van der Waals surface area contributed by atoms with Crippen molar-refractivity contribution in [2.75, 3.05) is 16.7 Å². The van der Waals surface area contributed by atoms with Crippen LogP contribution in [0.5, 0.6) is 0 Å². The molecule has 2 aromatic rings. The summed E-state index contributed by atoms with van der Waals surface area (Å²) in [7, 11) is -2.26. The molecule has 8 heteroatoms. The van der Waals surface area contributed by atoms with E-state index in [0.29, 0.717) is 12.1 Å². The minimum Gasteiger partial charge on any atom is -0.315 e. The van der Waals surface area contributed by atoms with Gasteiger partial charge in [0, 0.05) is 24.8 Å². The standard InChI is InChI=1S/C17H16ClFN2O3S/c1-10-7-17(22)21(2)16-6-3-11(8-13(10)16)20-25(23,24)12-4-5-14(18)15(19)9-12/h3-6,8-10,20H,7H2,1-2H3. The molecule has 1 aliphatic heterocycles. The van der Waals surface area contributed by atoms with Gasteiger partial charge in [-0.25, -0.2) is 12.8 Å². The van der Waals surface area contributed by atoms with Crippen LogP contribution in [0.3, 0.4) is 0 Å². The van der Waals surface area contributed by atoms with Gasteiger partial charge in [-0.15, -0.1) is 0 Å². The quantitative estimate of drug-likeness (QED) is 0.879. The zero-order chi connectivity index (χ0) is 18.4. The zero-order valence-corrected chi connectivity index (χ0v) is 15.2. The smallest absolute Gasteiger partial charge is 0.261 e. The monoisotopic (exact) mass is 382 g/mol. The zero-order valence-electron chi connectivity index (χ0n) is 13.6. The van der Waals surface area contributed by atoms with Crippen molar-refractivity contribution in [1.82, 2.24) is 0 Å². The highest BCUT2D eigenvalue weighted by Gasteiger charge is 2.27. The number of fused-ring (bicyclic) bond motifs is 1. The average Bonchev–Trinajstić information content (AvgIpc) is 2.55. The fraction of sp³-hybridized carbons (Fsp3) is 0.235. The predicted molar refractivity (Wildman–Crippen MR) is 95.1 cm³/mol. The number of carbonyl (C=O) groups excluding carboxylic acids is 1. The fourth-order valence-electron chi connectivity index (χ4n) is 2.82. The van der Waals surface area contributed by atoms with Crippen LogP contribution >= 0.6 is 11.6 Å². The van der Waals surface area contributed by atoms with Crippen LogP contribution in [0, 0.1) is 5.82 Å². The first-order valence-electron chi connectivity index (χ1n) is 7.57. The number of nitrogens with one attached hydrogen (secondary N) is 1. The van der Waals surface area contributed by atoms with Crippen molar-refractivity contribution >= 4 is 38.9 Å². The molecule has 0 bridgehead atoms. The van der Waals surface area contributed by atoms with Gasteiger partial charge in [0.05, 0.1) is 9.92 Å². The van der Waals surface area contributed by atoms with E-state index in [9.17, 15) is 17.6 Å². The largest absolute Gasteiger partial charge is 0.315 e. The van der Waals surface area contributed by atoms with E-state index in [1.807, 2.05) is 6.92 Å². The van der Waals surface area contributed by atoms with Gasteiger partial charge in [-0.1, -0.05) is 18.5 Å². The van der Waals surface area contributed by atoms with Crippen molar-refractivity contribution in [3.8, 4) is 0 Å². The molecule has 0 aliphatic carbocycles. The molecule has 3 rings (SSSR count). The van der Waals surface area contributed by atoms with Gasteiger partial charge in [0.1, 0.15) is 5.82 Å². The molecule has 0 spiro atoms. The van der Waals surface area contributed by atoms with Crippen molar-refractivity contribution < 1.29 is 17.6 Å². The Hall–Kier alpha value is -2.12. The summed E-state index contributed by atoms with van der Waals surface area (Å²) in [5, 5.41) is -0.144. The Morgan fingerprint density at radius 3 is 2.64 bits per heavy atom. The number of sulfonamides is 1. The van der Waals surface area contributed by atoms with Gasteiger partial charge in [0.15, 0.2) is 0 Å². The van der Waals surface area contributed by atoms with E-state index < -0.39 is 15.8 Å². The van der Waals surface area contributed by atoms with Crippen LogP contribution in [-0.4, -0.2) is 21.4 Å². The van der Waals surface area contributed by atoms with Gasteiger partial charge in [0.2, 0.25) is 5.91 Å². The average molecular weight is 383 g/mol. The number of amides is 1. The van der Waals surface area contributed by atoms with Crippen molar-refractivity contribution in [3.05, 3.63) is 52.8 Å². The highest BCUT2D eigenvalue weighted by atomic mass is 35.5. The van der Waals surface area contributed by atoms with E-state index in [0.717, 1.165) is 17.3 Å². The van der Waals surface area contributed by atoms with Crippen LogP contribution < -0.4 is 9.62 Å². The Bertz CT molecular complexity index is 962. The summed E-state index contributed by atoms with van der Waals surface area (Å²) in [6.07, 6.45) is 0.363. The maximum Gasteiger partial charge on any atom is 0.261 e. The maximum atomic E-state index is 13.5. The summed E-state index contributed by atoms with van der Waals surface area (Å²) in [6, 6.07) is 8.28. The molecule has 1 atom stereocenters. The molecule has 0 saturated heterocycles. The third kappa shape index (κ3) is 3.34. The molecule has 2 aromatic carbocycles. The third-order valence-corrected chi connectivity index (χ3v) is 5.91. The molecule has 1 amide bonds. The van der Waals surface area contributed by atoms with E-state index in [-0.39, 0.29) is 21.7 Å². The number of nitrogens with zero attached hydrogens (tertiary/aromatic N) is 1. The van der Waals surface area contributed by atoms with E-state index in [1.54, 1.807) is 30.1 Å². The SMILES string of the molecule is CC1CC(=O)N(C)c2ccc(NS(=O)(=O)c3ccc(Cl)c(F)c3)cc21. The van der Waals surface area contributed by atoms with Gasteiger partial charge in [-0.05, 0) is 47.9 Å². The molecular weight excluding hydrogens is 367 g/mol. The lowest BCUT2D eigenvalue weighted by Gasteiger charge is -2.30. The highest BCUT2D eigenvalue weighted by Crippen LogP contribution is 2.37. The normalized spacial score (nSPS) is 17.4. The van der Waals surface area contributed by atoms with Crippen molar-refractivity contribution in [1.29, 1.82) is 0 Å². The first kappa shape index (κ1) is 17.7. The van der Waals surface area contributed by atoms with Gasteiger partial charge in [-0.3, -0.25) is 9.52 Å². The molecule has 0 aromatic heterocycles. The number of anilines is 2. The molecule has 5 nitrogen and oxygen atoms in total. The molecule has 1 heterocycles. The molecular formula is C17H16ClFN2O3S. The number of halogens is 2. The summed E-state index contributed by atoms with van der Waals surface area (Å²) in [6.45, 7) is 1.91. The molecule has 0 fully saturated rings. The Kier molecular flexibility index (Phi) is 4.47. The Balaban J connectivity index is 1.94. The van der Waals surface area contributed by atoms with Crippen LogP contribution in [0.1, 0.15) is 24.8 Å². The lowest BCUT2D eigenvalue weighted by molar-refractivity contribution is -0.119. The number of rotatable bonds is 3. The lowest BCUT2D eigenvalue weighted by Crippen LogP contribution is -2.32. The lowest BCUT2D eigenvalue weighted by atomic mass is 9.91. The van der Waals surface area contributed by atoms with E-state index in [1.165, 1.54) is 12.1 Å². The summed E-state index contributed by atoms with van der Waals surface area (Å²) in [5.41, 5.74) is 1.98. The minimum atomic E-state index is -3.95. The van der Waals surface area contributed by atoms with Gasteiger partial charge in [0.25, 0.3) is 10.0 Å². The Morgan fingerprint density at radius 2 is 1.96 bits per heavy atom. The van der Waals surface area contributed by atoms with Crippen molar-refractivity contribution in [3.63, 3.8) is 0 Å². The Morgan fingerprint density at radius 1 is 1.24 bits per heavy atom. The number of hydrogen-bond donors (Lipinski definition) is 1. The molecule has 25 heavy (non-hydrogen) atoms. The predicted octanol–water partition coefficient (Wildman–Crippen LogP) is 3.75. The van der Waals surface area contributed by atoms with Gasteiger partial charge in [-0.2, -0.15) is 0 Å². The van der Waals surface area contributed by atoms with E-state index in [2.05, 4.69) is 4.72 Å². The Labute approximate surface area is 150 Å². The van der Waals surface area contributed by atoms with Crippen molar-refractivity contribution in [2.24, 2.45) is 0 Å². The molecule has 1 aliphatic rings. The first-order valence-corrected chi connectivity index (χ1v) is 9.43. The number of hydrogen-bond acceptors (Lipinski definition) is 3. The molecule has 1 N–H and O–H groups in total. The van der Waals surface area contributed by atoms with E-state index in [4.69, 9.17) is 11.6 Å². The first-order chi connectivity index (χ1) is 11.7. The maximum absolute atomic E-state index is 13.5. The second-order valence-corrected chi connectivity index (χ2v) is 8.10. The van der Waals surface area contributed by atoms with Crippen LogP contribution in [-0.2, 0) is 14.8 Å². The molecule has 0 saturated carbocycles.